The molecule has 0 bridgehead atoms. The van der Waals surface area contributed by atoms with E-state index in [-0.39, 0.29) is 23.7 Å². The van der Waals surface area contributed by atoms with E-state index in [4.69, 9.17) is 10.5 Å². The first-order valence-electron chi connectivity index (χ1n) is 5.24. The highest BCUT2D eigenvalue weighted by Gasteiger charge is 2.30. The highest BCUT2D eigenvalue weighted by molar-refractivity contribution is 5.69. The van der Waals surface area contributed by atoms with Crippen LogP contribution in [0.4, 0.5) is 28.9 Å². The predicted molar refractivity (Wildman–Crippen MR) is 61.3 cm³/mol. The fourth-order valence-corrected chi connectivity index (χ4v) is 1.51. The van der Waals surface area contributed by atoms with Crippen molar-refractivity contribution in [3.05, 3.63) is 17.9 Å². The lowest BCUT2D eigenvalue weighted by Crippen LogP contribution is -2.31. The maximum absolute atomic E-state index is 13.4. The maximum Gasteiger partial charge on any atom is 0.405 e. The number of nitrogens with zero attached hydrogens (tertiary/aromatic N) is 1. The molecule has 0 aliphatic heterocycles. The van der Waals surface area contributed by atoms with Gasteiger partial charge in [-0.05, 0) is 6.92 Å². The topological polar surface area (TPSA) is 38.5 Å². The molecular formula is C11H14F4N2O. The summed E-state index contributed by atoms with van der Waals surface area (Å²) in [6.45, 7) is 0.687. The first kappa shape index (κ1) is 14.4. The van der Waals surface area contributed by atoms with Crippen molar-refractivity contribution in [1.29, 1.82) is 0 Å². The van der Waals surface area contributed by atoms with Gasteiger partial charge in [-0.3, -0.25) is 0 Å². The van der Waals surface area contributed by atoms with Crippen LogP contribution in [0.25, 0.3) is 0 Å². The molecule has 0 aliphatic rings. The van der Waals surface area contributed by atoms with Crippen LogP contribution in [0.1, 0.15) is 6.92 Å². The van der Waals surface area contributed by atoms with Crippen LogP contribution in [0.3, 0.4) is 0 Å². The van der Waals surface area contributed by atoms with E-state index in [1.54, 1.807) is 6.92 Å². The molecule has 102 valence electrons. The van der Waals surface area contributed by atoms with Crippen LogP contribution in [0.5, 0.6) is 5.75 Å². The monoisotopic (exact) mass is 266 g/mol. The number of anilines is 2. The summed E-state index contributed by atoms with van der Waals surface area (Å²) in [7, 11) is 1.23. The Hall–Kier alpha value is -1.66. The number of alkyl halides is 3. The van der Waals surface area contributed by atoms with Crippen molar-refractivity contribution in [3.63, 3.8) is 0 Å². The van der Waals surface area contributed by atoms with E-state index < -0.39 is 18.5 Å². The third kappa shape index (κ3) is 3.68. The number of rotatable bonds is 4. The minimum Gasteiger partial charge on any atom is -0.491 e. The van der Waals surface area contributed by atoms with Gasteiger partial charge < -0.3 is 15.4 Å². The zero-order chi connectivity index (χ0) is 13.9. The van der Waals surface area contributed by atoms with Gasteiger partial charge >= 0.3 is 6.18 Å². The zero-order valence-corrected chi connectivity index (χ0v) is 10.0. The molecule has 0 aromatic heterocycles. The van der Waals surface area contributed by atoms with E-state index in [9.17, 15) is 17.6 Å². The van der Waals surface area contributed by atoms with Crippen molar-refractivity contribution < 1.29 is 22.3 Å². The molecule has 1 aromatic rings. The average Bonchev–Trinajstić information content (AvgIpc) is 2.19. The standard InChI is InChI=1S/C11H14F4N2O/c1-3-18-10-5-9(8(16)4-7(10)12)17(2)6-11(13,14)15/h4-5H,3,6,16H2,1-2H3. The summed E-state index contributed by atoms with van der Waals surface area (Å²) >= 11 is 0. The van der Waals surface area contributed by atoms with Crippen LogP contribution < -0.4 is 15.4 Å². The van der Waals surface area contributed by atoms with Crippen molar-refractivity contribution in [2.75, 3.05) is 30.8 Å². The first-order chi connectivity index (χ1) is 8.24. The number of halogens is 4. The fourth-order valence-electron chi connectivity index (χ4n) is 1.51. The van der Waals surface area contributed by atoms with Crippen LogP contribution in [0, 0.1) is 5.82 Å². The Bertz CT molecular complexity index is 420. The molecular weight excluding hydrogens is 252 g/mol. The van der Waals surface area contributed by atoms with Gasteiger partial charge in [0.1, 0.15) is 6.54 Å². The molecule has 0 spiro atoms. The summed E-state index contributed by atoms with van der Waals surface area (Å²) in [5.41, 5.74) is 5.52. The van der Waals surface area contributed by atoms with Crippen molar-refractivity contribution in [2.45, 2.75) is 13.1 Å². The summed E-state index contributed by atoms with van der Waals surface area (Å²) in [6, 6.07) is 2.12. The van der Waals surface area contributed by atoms with Gasteiger partial charge in [0, 0.05) is 19.2 Å². The van der Waals surface area contributed by atoms with E-state index in [1.165, 1.54) is 13.1 Å². The fraction of sp³-hybridized carbons (Fsp3) is 0.455. The Balaban J connectivity index is 3.04. The Morgan fingerprint density at radius 1 is 1.33 bits per heavy atom. The molecule has 0 heterocycles. The first-order valence-corrected chi connectivity index (χ1v) is 5.24. The average molecular weight is 266 g/mol. The number of nitrogens with two attached hydrogens (primary N) is 1. The quantitative estimate of drug-likeness (QED) is 0.672. The number of benzene rings is 1. The zero-order valence-electron chi connectivity index (χ0n) is 10.0. The Labute approximate surface area is 102 Å². The molecule has 0 saturated carbocycles. The predicted octanol–water partition coefficient (Wildman–Crippen LogP) is 2.81. The molecule has 0 saturated heterocycles. The number of hydrogen-bond acceptors (Lipinski definition) is 3. The Morgan fingerprint density at radius 3 is 2.44 bits per heavy atom. The minimum absolute atomic E-state index is 0.0669. The van der Waals surface area contributed by atoms with Crippen molar-refractivity contribution in [3.8, 4) is 5.75 Å². The maximum atomic E-state index is 13.4. The van der Waals surface area contributed by atoms with E-state index in [0.717, 1.165) is 11.0 Å². The van der Waals surface area contributed by atoms with Crippen LogP contribution >= 0.6 is 0 Å². The highest BCUT2D eigenvalue weighted by atomic mass is 19.4. The summed E-state index contributed by atoms with van der Waals surface area (Å²) in [5.74, 6) is -0.811. The second-order valence-corrected chi connectivity index (χ2v) is 3.75. The summed E-state index contributed by atoms with van der Waals surface area (Å²) < 4.78 is 55.1. The van der Waals surface area contributed by atoms with E-state index >= 15 is 0 Å². The molecule has 0 atom stereocenters. The Kier molecular flexibility index (Phi) is 4.26. The van der Waals surface area contributed by atoms with E-state index in [2.05, 4.69) is 0 Å². The molecule has 3 nitrogen and oxygen atoms in total. The Morgan fingerprint density at radius 2 is 1.94 bits per heavy atom. The number of nitrogen functional groups attached to an aromatic ring is 1. The lowest BCUT2D eigenvalue weighted by atomic mass is 10.2. The largest absolute Gasteiger partial charge is 0.491 e. The lowest BCUT2D eigenvalue weighted by Gasteiger charge is -2.23. The van der Waals surface area contributed by atoms with Gasteiger partial charge in [-0.25, -0.2) is 4.39 Å². The molecule has 1 rings (SSSR count). The van der Waals surface area contributed by atoms with Gasteiger partial charge in [-0.1, -0.05) is 0 Å². The molecule has 0 amide bonds. The molecule has 0 unspecified atom stereocenters. The minimum atomic E-state index is -4.36. The number of hydrogen-bond donors (Lipinski definition) is 1. The van der Waals surface area contributed by atoms with Gasteiger partial charge in [0.25, 0.3) is 0 Å². The summed E-state index contributed by atoms with van der Waals surface area (Å²) in [5, 5.41) is 0. The van der Waals surface area contributed by atoms with Crippen LogP contribution in [0.2, 0.25) is 0 Å². The van der Waals surface area contributed by atoms with Gasteiger partial charge in [-0.2, -0.15) is 13.2 Å². The SMILES string of the molecule is CCOc1cc(N(C)CC(F)(F)F)c(N)cc1F. The summed E-state index contributed by atoms with van der Waals surface area (Å²) in [4.78, 5) is 0.900. The molecule has 0 aliphatic carbocycles. The molecule has 0 fully saturated rings. The van der Waals surface area contributed by atoms with Crippen molar-refractivity contribution >= 4 is 11.4 Å². The van der Waals surface area contributed by atoms with Crippen LogP contribution in [-0.4, -0.2) is 26.4 Å². The third-order valence-electron chi connectivity index (χ3n) is 2.21. The molecule has 7 heteroatoms. The number of ether oxygens (including phenoxy) is 1. The van der Waals surface area contributed by atoms with Crippen molar-refractivity contribution in [1.82, 2.24) is 0 Å². The van der Waals surface area contributed by atoms with Gasteiger partial charge in [0.05, 0.1) is 18.0 Å². The molecule has 18 heavy (non-hydrogen) atoms. The van der Waals surface area contributed by atoms with Gasteiger partial charge in [0.15, 0.2) is 11.6 Å². The molecule has 1 aromatic carbocycles. The van der Waals surface area contributed by atoms with E-state index in [1.807, 2.05) is 0 Å². The van der Waals surface area contributed by atoms with Crippen LogP contribution in [-0.2, 0) is 0 Å². The van der Waals surface area contributed by atoms with E-state index in [0.29, 0.717) is 0 Å². The third-order valence-corrected chi connectivity index (χ3v) is 2.21. The second-order valence-electron chi connectivity index (χ2n) is 3.75. The van der Waals surface area contributed by atoms with Gasteiger partial charge in [0.2, 0.25) is 0 Å². The lowest BCUT2D eigenvalue weighted by molar-refractivity contribution is -0.119. The smallest absolute Gasteiger partial charge is 0.405 e. The summed E-state index contributed by atoms with van der Waals surface area (Å²) in [6.07, 6.45) is -4.36. The second kappa shape index (κ2) is 5.32. The highest BCUT2D eigenvalue weighted by Crippen LogP contribution is 2.32. The molecule has 0 radical (unpaired) electrons. The van der Waals surface area contributed by atoms with Crippen LogP contribution in [0.15, 0.2) is 12.1 Å². The molecule has 2 N–H and O–H groups in total. The van der Waals surface area contributed by atoms with Crippen molar-refractivity contribution in [2.24, 2.45) is 0 Å². The van der Waals surface area contributed by atoms with Gasteiger partial charge in [-0.15, -0.1) is 0 Å². The normalized spacial score (nSPS) is 11.4.